The Hall–Kier alpha value is -1.99. The van der Waals surface area contributed by atoms with Crippen LogP contribution in [-0.2, 0) is 33.3 Å². The number of ketones is 1. The molecule has 2 saturated heterocycles. The average Bonchev–Trinajstić information content (AvgIpc) is 3.37. The fourth-order valence-electron chi connectivity index (χ4n) is 9.38. The van der Waals surface area contributed by atoms with Gasteiger partial charge in [-0.2, -0.15) is 0 Å². The summed E-state index contributed by atoms with van der Waals surface area (Å²) in [7, 11) is 0. The molecule has 7 heteroatoms. The van der Waals surface area contributed by atoms with E-state index in [9.17, 15) is 14.4 Å². The van der Waals surface area contributed by atoms with E-state index in [1.165, 1.54) is 0 Å². The highest BCUT2D eigenvalue weighted by Gasteiger charge is 2.76. The van der Waals surface area contributed by atoms with E-state index >= 15 is 0 Å². The Balaban J connectivity index is 1.46. The van der Waals surface area contributed by atoms with E-state index in [1.807, 2.05) is 26.8 Å². The highest BCUT2D eigenvalue weighted by Crippen LogP contribution is 2.70. The Kier molecular flexibility index (Phi) is 5.81. The number of Topliss-reactive ketones (excluding diaryl/α,β-unsaturated/α-hetero) is 1. The van der Waals surface area contributed by atoms with E-state index in [0.717, 1.165) is 12.0 Å². The Bertz CT molecular complexity index is 1060. The van der Waals surface area contributed by atoms with E-state index in [1.54, 1.807) is 0 Å². The smallest absolute Gasteiger partial charge is 0.309 e. The molecule has 2 heterocycles. The van der Waals surface area contributed by atoms with Crippen LogP contribution in [0.25, 0.3) is 0 Å². The van der Waals surface area contributed by atoms with Gasteiger partial charge in [-0.25, -0.2) is 0 Å². The third-order valence-electron chi connectivity index (χ3n) is 11.3. The van der Waals surface area contributed by atoms with E-state index in [-0.39, 0.29) is 59.3 Å². The van der Waals surface area contributed by atoms with Gasteiger partial charge in [0.2, 0.25) is 0 Å². The fraction of sp³-hybridized carbons (Fsp3) is 0.767. The fourth-order valence-corrected chi connectivity index (χ4v) is 9.38. The summed E-state index contributed by atoms with van der Waals surface area (Å²) in [6, 6.07) is 0. The van der Waals surface area contributed by atoms with Crippen molar-refractivity contribution in [3.63, 3.8) is 0 Å². The highest BCUT2D eigenvalue weighted by molar-refractivity contribution is 5.91. The number of hydrogen-bond acceptors (Lipinski definition) is 7. The summed E-state index contributed by atoms with van der Waals surface area (Å²) in [4.78, 5) is 38.1. The van der Waals surface area contributed by atoms with Crippen LogP contribution in [0, 0.1) is 46.8 Å². The molecule has 2 aliphatic heterocycles. The zero-order chi connectivity index (χ0) is 26.3. The zero-order valence-corrected chi connectivity index (χ0v) is 22.6. The first-order valence-corrected chi connectivity index (χ1v) is 14.1. The number of esters is 1. The minimum absolute atomic E-state index is 0.00945. The molecule has 0 radical (unpaired) electrons. The van der Waals surface area contributed by atoms with Crippen molar-refractivity contribution in [2.75, 3.05) is 6.61 Å². The van der Waals surface area contributed by atoms with Crippen LogP contribution in [0.15, 0.2) is 23.8 Å². The van der Waals surface area contributed by atoms with E-state index < -0.39 is 22.9 Å². The number of rotatable bonds is 5. The number of hydrogen-bond donors (Lipinski definition) is 0. The number of carbonyl (C=O) groups excluding carboxylic acids is 3. The molecule has 4 fully saturated rings. The molecule has 0 N–H and O–H groups in total. The number of ether oxygens (including phenoxy) is 4. The molecule has 12 atom stereocenters. The molecule has 7 nitrogen and oxygen atoms in total. The Morgan fingerprint density at radius 3 is 2.62 bits per heavy atom. The summed E-state index contributed by atoms with van der Waals surface area (Å²) in [5.74, 6) is -0.558. The van der Waals surface area contributed by atoms with Crippen molar-refractivity contribution in [3.05, 3.63) is 23.8 Å². The third kappa shape index (κ3) is 3.28. The van der Waals surface area contributed by atoms with Crippen molar-refractivity contribution in [1.82, 2.24) is 0 Å². The summed E-state index contributed by atoms with van der Waals surface area (Å²) >= 11 is 0. The van der Waals surface area contributed by atoms with Crippen molar-refractivity contribution in [3.8, 4) is 0 Å². The quantitative estimate of drug-likeness (QED) is 0.399. The number of carbonyl (C=O) groups is 3. The van der Waals surface area contributed by atoms with Gasteiger partial charge in [-0.1, -0.05) is 32.1 Å². The molecular formula is C30H40O7. The maximum Gasteiger partial charge on any atom is 0.309 e. The van der Waals surface area contributed by atoms with Gasteiger partial charge >= 0.3 is 5.97 Å². The van der Waals surface area contributed by atoms with E-state index in [4.69, 9.17) is 18.9 Å². The van der Waals surface area contributed by atoms with Crippen molar-refractivity contribution in [2.45, 2.75) is 90.3 Å². The first-order chi connectivity index (χ1) is 17.6. The molecule has 0 aromatic rings. The molecule has 37 heavy (non-hydrogen) atoms. The predicted molar refractivity (Wildman–Crippen MR) is 134 cm³/mol. The maximum atomic E-state index is 13.5. The van der Waals surface area contributed by atoms with Gasteiger partial charge in [0.15, 0.2) is 5.79 Å². The maximum absolute atomic E-state index is 13.5. The normalized spacial score (nSPS) is 52.0. The lowest BCUT2D eigenvalue weighted by Gasteiger charge is -2.56. The summed E-state index contributed by atoms with van der Waals surface area (Å²) < 4.78 is 25.6. The van der Waals surface area contributed by atoms with Crippen molar-refractivity contribution in [2.24, 2.45) is 46.8 Å². The van der Waals surface area contributed by atoms with Gasteiger partial charge in [-0.05, 0) is 69.3 Å². The van der Waals surface area contributed by atoms with Gasteiger partial charge in [0, 0.05) is 31.3 Å². The molecule has 0 bridgehead atoms. The Morgan fingerprint density at radius 2 is 1.92 bits per heavy atom. The summed E-state index contributed by atoms with van der Waals surface area (Å²) in [5.41, 5.74) is -0.349. The standard InChI is InChI=1S/C30H40O7/c1-6-35-30-14-21-19(11-10-18-8-7-9-23(32)28(18,21)4)20-13-22(34-15-31)26(25(20)30)29(5,37-30)24-12-16(2)17(3)27(33)36-24/h7-8,10,15-17,19-22,24-26H,6,9,11-14H2,1-5H3. The topological polar surface area (TPSA) is 88.1 Å². The largest absolute Gasteiger partial charge is 0.464 e. The van der Waals surface area contributed by atoms with Gasteiger partial charge in [0.1, 0.15) is 23.6 Å². The number of allylic oxidation sites excluding steroid dienone is 4. The number of cyclic esters (lactones) is 1. The van der Waals surface area contributed by atoms with Crippen LogP contribution in [0.3, 0.4) is 0 Å². The molecule has 0 amide bonds. The lowest BCUT2D eigenvalue weighted by Crippen LogP contribution is -2.58. The highest BCUT2D eigenvalue weighted by atomic mass is 16.7. The minimum atomic E-state index is -0.924. The number of fused-ring (bicyclic) bond motifs is 4. The van der Waals surface area contributed by atoms with Crippen LogP contribution in [0.5, 0.6) is 0 Å². The Labute approximate surface area is 219 Å². The van der Waals surface area contributed by atoms with Crippen LogP contribution in [-0.4, -0.2) is 48.4 Å². The molecule has 4 aliphatic carbocycles. The summed E-state index contributed by atoms with van der Waals surface area (Å²) in [6.07, 6.45) is 8.87. The SMILES string of the molecule is CCOC12CC3C(CC=C4C=CCC(=O)C43C)C3CC(OC=O)C(C31)C(C)(C1CC(C)C(C)C(=O)O1)O2. The molecule has 0 aromatic heterocycles. The molecule has 0 spiro atoms. The molecule has 12 unspecified atom stereocenters. The van der Waals surface area contributed by atoms with Crippen LogP contribution < -0.4 is 0 Å². The molecule has 6 rings (SSSR count). The first-order valence-electron chi connectivity index (χ1n) is 14.1. The average molecular weight is 513 g/mol. The van der Waals surface area contributed by atoms with Gasteiger partial charge in [-0.3, -0.25) is 14.4 Å². The molecule has 0 aromatic carbocycles. The molecule has 6 aliphatic rings. The molecular weight excluding hydrogens is 472 g/mol. The van der Waals surface area contributed by atoms with Gasteiger partial charge in [0.05, 0.1) is 11.3 Å². The van der Waals surface area contributed by atoms with Crippen LogP contribution >= 0.6 is 0 Å². The second-order valence-corrected chi connectivity index (χ2v) is 12.8. The van der Waals surface area contributed by atoms with E-state index in [2.05, 4.69) is 26.0 Å². The lowest BCUT2D eigenvalue weighted by molar-refractivity contribution is -0.311. The minimum Gasteiger partial charge on any atom is -0.464 e. The van der Waals surface area contributed by atoms with Crippen molar-refractivity contribution < 1.29 is 33.3 Å². The van der Waals surface area contributed by atoms with Gasteiger partial charge in [0.25, 0.3) is 6.47 Å². The second-order valence-electron chi connectivity index (χ2n) is 12.8. The summed E-state index contributed by atoms with van der Waals surface area (Å²) in [6.45, 7) is 11.1. The van der Waals surface area contributed by atoms with Crippen LogP contribution in [0.4, 0.5) is 0 Å². The molecule has 202 valence electrons. The zero-order valence-electron chi connectivity index (χ0n) is 22.6. The van der Waals surface area contributed by atoms with Crippen LogP contribution in [0.1, 0.15) is 66.7 Å². The Morgan fingerprint density at radius 1 is 1.14 bits per heavy atom. The van der Waals surface area contributed by atoms with Crippen LogP contribution in [0.2, 0.25) is 0 Å². The van der Waals surface area contributed by atoms with Crippen molar-refractivity contribution in [1.29, 1.82) is 0 Å². The monoisotopic (exact) mass is 512 g/mol. The molecule has 2 saturated carbocycles. The van der Waals surface area contributed by atoms with Crippen molar-refractivity contribution >= 4 is 18.2 Å². The first kappa shape index (κ1) is 25.3. The predicted octanol–water partition coefficient (Wildman–Crippen LogP) is 4.39. The third-order valence-corrected chi connectivity index (χ3v) is 11.3. The van der Waals surface area contributed by atoms with Gasteiger partial charge < -0.3 is 18.9 Å². The summed E-state index contributed by atoms with van der Waals surface area (Å²) in [5, 5.41) is 0. The lowest BCUT2D eigenvalue weighted by atomic mass is 9.49. The second kappa shape index (κ2) is 8.51. The van der Waals surface area contributed by atoms with E-state index in [0.29, 0.717) is 38.8 Å². The van der Waals surface area contributed by atoms with Gasteiger partial charge in [-0.15, -0.1) is 0 Å².